The third-order valence-electron chi connectivity index (χ3n) is 3.11. The molecule has 1 fully saturated rings. The van der Waals surface area contributed by atoms with E-state index >= 15 is 0 Å². The van der Waals surface area contributed by atoms with Crippen LogP contribution in [0.25, 0.3) is 0 Å². The van der Waals surface area contributed by atoms with Crippen molar-refractivity contribution in [2.24, 2.45) is 5.92 Å². The summed E-state index contributed by atoms with van der Waals surface area (Å²) in [6, 6.07) is 6.64. The molecule has 0 aliphatic heterocycles. The first-order valence-electron chi connectivity index (χ1n) is 5.35. The predicted octanol–water partition coefficient (Wildman–Crippen LogP) is 3.94. The van der Waals surface area contributed by atoms with Gasteiger partial charge in [0.2, 0.25) is 0 Å². The van der Waals surface area contributed by atoms with Gasteiger partial charge >= 0.3 is 0 Å². The van der Waals surface area contributed by atoms with E-state index in [1.54, 1.807) is 11.3 Å². The van der Waals surface area contributed by atoms with Crippen LogP contribution < -0.4 is 0 Å². The molecule has 0 bridgehead atoms. The number of nitrogens with zero attached hydrogens (tertiary/aromatic N) is 1. The standard InChI is InChI=1S/C12H15NS/c13-9-11(12-7-4-8-14-12)10-5-2-1-3-6-10/h4,7-8,10-11H,1-3,5-6H2. The maximum absolute atomic E-state index is 9.21. The Morgan fingerprint density at radius 3 is 2.71 bits per heavy atom. The zero-order valence-electron chi connectivity index (χ0n) is 8.28. The third-order valence-corrected chi connectivity index (χ3v) is 4.07. The van der Waals surface area contributed by atoms with Crippen LogP contribution in [-0.2, 0) is 0 Å². The van der Waals surface area contributed by atoms with Gasteiger partial charge in [0, 0.05) is 4.88 Å². The van der Waals surface area contributed by atoms with Gasteiger partial charge in [-0.2, -0.15) is 5.26 Å². The molecule has 1 nitrogen and oxygen atoms in total. The van der Waals surface area contributed by atoms with E-state index in [2.05, 4.69) is 17.5 Å². The molecule has 74 valence electrons. The van der Waals surface area contributed by atoms with E-state index in [-0.39, 0.29) is 5.92 Å². The highest BCUT2D eigenvalue weighted by Crippen LogP contribution is 2.37. The summed E-state index contributed by atoms with van der Waals surface area (Å²) in [6.07, 6.45) is 6.48. The monoisotopic (exact) mass is 205 g/mol. The van der Waals surface area contributed by atoms with Gasteiger partial charge in [-0.25, -0.2) is 0 Å². The van der Waals surface area contributed by atoms with Crippen LogP contribution >= 0.6 is 11.3 Å². The van der Waals surface area contributed by atoms with E-state index in [9.17, 15) is 5.26 Å². The van der Waals surface area contributed by atoms with E-state index in [1.165, 1.54) is 37.0 Å². The molecule has 1 aromatic rings. The quantitative estimate of drug-likeness (QED) is 0.717. The minimum atomic E-state index is 0.162. The maximum atomic E-state index is 9.21. The van der Waals surface area contributed by atoms with E-state index in [1.807, 2.05) is 6.07 Å². The molecule has 0 N–H and O–H groups in total. The van der Waals surface area contributed by atoms with Crippen molar-refractivity contribution in [2.45, 2.75) is 38.0 Å². The van der Waals surface area contributed by atoms with Gasteiger partial charge in [0.15, 0.2) is 0 Å². The molecule has 0 spiro atoms. The van der Waals surface area contributed by atoms with Crippen LogP contribution in [0.1, 0.15) is 42.9 Å². The average molecular weight is 205 g/mol. The summed E-state index contributed by atoms with van der Waals surface area (Å²) in [6.45, 7) is 0. The van der Waals surface area contributed by atoms with Gasteiger partial charge in [-0.05, 0) is 30.2 Å². The minimum absolute atomic E-state index is 0.162. The second kappa shape index (κ2) is 4.61. The molecule has 1 heterocycles. The minimum Gasteiger partial charge on any atom is -0.198 e. The van der Waals surface area contributed by atoms with Crippen LogP contribution in [0.4, 0.5) is 0 Å². The lowest BCUT2D eigenvalue weighted by molar-refractivity contribution is 0.338. The van der Waals surface area contributed by atoms with Crippen LogP contribution in [0.5, 0.6) is 0 Å². The Hall–Kier alpha value is -0.810. The third kappa shape index (κ3) is 1.99. The second-order valence-corrected chi connectivity index (χ2v) is 5.00. The zero-order valence-corrected chi connectivity index (χ0v) is 9.09. The topological polar surface area (TPSA) is 23.8 Å². The lowest BCUT2D eigenvalue weighted by Gasteiger charge is -2.24. The van der Waals surface area contributed by atoms with Gasteiger partial charge in [0.1, 0.15) is 0 Å². The smallest absolute Gasteiger partial charge is 0.0834 e. The van der Waals surface area contributed by atoms with Crippen molar-refractivity contribution in [1.82, 2.24) is 0 Å². The number of hydrogen-bond acceptors (Lipinski definition) is 2. The Balaban J connectivity index is 2.09. The molecule has 1 aliphatic rings. The van der Waals surface area contributed by atoms with Crippen molar-refractivity contribution in [3.05, 3.63) is 22.4 Å². The molecule has 1 atom stereocenters. The summed E-state index contributed by atoms with van der Waals surface area (Å²) >= 11 is 1.73. The molecule has 1 saturated carbocycles. The molecule has 1 aliphatic carbocycles. The largest absolute Gasteiger partial charge is 0.198 e. The number of nitriles is 1. The number of rotatable bonds is 2. The van der Waals surface area contributed by atoms with Crippen LogP contribution in [0.2, 0.25) is 0 Å². The van der Waals surface area contributed by atoms with Crippen molar-refractivity contribution in [1.29, 1.82) is 5.26 Å². The average Bonchev–Trinajstić information content (AvgIpc) is 2.74. The highest BCUT2D eigenvalue weighted by atomic mass is 32.1. The Labute approximate surface area is 89.4 Å². The van der Waals surface area contributed by atoms with Gasteiger partial charge in [-0.15, -0.1) is 11.3 Å². The first kappa shape index (κ1) is 9.73. The fraction of sp³-hybridized carbons (Fsp3) is 0.583. The van der Waals surface area contributed by atoms with Gasteiger partial charge in [-0.3, -0.25) is 0 Å². The molecular formula is C12H15NS. The van der Waals surface area contributed by atoms with Crippen molar-refractivity contribution >= 4 is 11.3 Å². The molecule has 0 saturated heterocycles. The van der Waals surface area contributed by atoms with Crippen LogP contribution in [-0.4, -0.2) is 0 Å². The summed E-state index contributed by atoms with van der Waals surface area (Å²) in [7, 11) is 0. The van der Waals surface area contributed by atoms with Crippen LogP contribution in [0, 0.1) is 17.2 Å². The van der Waals surface area contributed by atoms with Crippen LogP contribution in [0.3, 0.4) is 0 Å². The summed E-state index contributed by atoms with van der Waals surface area (Å²) in [5.74, 6) is 0.780. The molecule has 14 heavy (non-hydrogen) atoms. The molecular weight excluding hydrogens is 190 g/mol. The highest BCUT2D eigenvalue weighted by molar-refractivity contribution is 7.10. The lowest BCUT2D eigenvalue weighted by Crippen LogP contribution is -2.14. The zero-order chi connectivity index (χ0) is 9.80. The molecule has 0 amide bonds. The number of thiophene rings is 1. The van der Waals surface area contributed by atoms with Gasteiger partial charge in [-0.1, -0.05) is 25.3 Å². The first-order chi connectivity index (χ1) is 6.92. The summed E-state index contributed by atoms with van der Waals surface area (Å²) < 4.78 is 0. The van der Waals surface area contributed by atoms with Crippen LogP contribution in [0.15, 0.2) is 17.5 Å². The lowest BCUT2D eigenvalue weighted by atomic mass is 9.80. The molecule has 0 aromatic carbocycles. The molecule has 2 rings (SSSR count). The van der Waals surface area contributed by atoms with Gasteiger partial charge in [0.05, 0.1) is 12.0 Å². The second-order valence-electron chi connectivity index (χ2n) is 4.02. The predicted molar refractivity (Wildman–Crippen MR) is 59.2 cm³/mol. The van der Waals surface area contributed by atoms with Crippen molar-refractivity contribution in [3.63, 3.8) is 0 Å². The Morgan fingerprint density at radius 1 is 1.36 bits per heavy atom. The fourth-order valence-electron chi connectivity index (χ4n) is 2.34. The first-order valence-corrected chi connectivity index (χ1v) is 6.23. The summed E-state index contributed by atoms with van der Waals surface area (Å²) in [5, 5.41) is 11.3. The summed E-state index contributed by atoms with van der Waals surface area (Å²) in [5.41, 5.74) is 0. The van der Waals surface area contributed by atoms with Gasteiger partial charge in [0.25, 0.3) is 0 Å². The Morgan fingerprint density at radius 2 is 2.14 bits per heavy atom. The highest BCUT2D eigenvalue weighted by Gasteiger charge is 2.25. The molecule has 1 aromatic heterocycles. The van der Waals surface area contributed by atoms with Crippen molar-refractivity contribution in [2.75, 3.05) is 0 Å². The Bertz CT molecular complexity index is 304. The van der Waals surface area contributed by atoms with E-state index in [0.29, 0.717) is 5.92 Å². The van der Waals surface area contributed by atoms with Gasteiger partial charge < -0.3 is 0 Å². The maximum Gasteiger partial charge on any atom is 0.0834 e. The van der Waals surface area contributed by atoms with E-state index in [4.69, 9.17) is 0 Å². The van der Waals surface area contributed by atoms with E-state index in [0.717, 1.165) is 0 Å². The molecule has 1 unspecified atom stereocenters. The molecule has 0 radical (unpaired) electrons. The van der Waals surface area contributed by atoms with Crippen molar-refractivity contribution in [3.8, 4) is 6.07 Å². The SMILES string of the molecule is N#CC(c1cccs1)C1CCCCC1. The Kier molecular flexibility index (Phi) is 3.21. The fourth-order valence-corrected chi connectivity index (χ4v) is 3.20. The normalized spacial score (nSPS) is 20.2. The number of hydrogen-bond donors (Lipinski definition) is 0. The van der Waals surface area contributed by atoms with E-state index < -0.39 is 0 Å². The van der Waals surface area contributed by atoms with Crippen molar-refractivity contribution < 1.29 is 0 Å². The summed E-state index contributed by atoms with van der Waals surface area (Å²) in [4.78, 5) is 1.26. The molecule has 2 heteroatoms.